The van der Waals surface area contributed by atoms with E-state index in [1.54, 1.807) is 0 Å². The molecule has 5 N–H and O–H groups in total. The first-order chi connectivity index (χ1) is 4.83. The van der Waals surface area contributed by atoms with Crippen molar-refractivity contribution in [3.63, 3.8) is 0 Å². The minimum absolute atomic E-state index is 0.0412. The summed E-state index contributed by atoms with van der Waals surface area (Å²) in [5, 5.41) is 8.29. The highest BCUT2D eigenvalue weighted by Gasteiger charge is 2.08. The molecule has 0 aromatic carbocycles. The summed E-state index contributed by atoms with van der Waals surface area (Å²) in [6.07, 6.45) is 0.0132. The Labute approximate surface area is 56.6 Å². The van der Waals surface area contributed by atoms with Gasteiger partial charge < -0.3 is 16.6 Å². The number of nitrogens with two attached hydrogens (primary N) is 2. The highest BCUT2D eigenvalue weighted by atomic mass is 16.4. The van der Waals surface area contributed by atoms with Crippen molar-refractivity contribution in [3.05, 3.63) is 0 Å². The van der Waals surface area contributed by atoms with Crippen molar-refractivity contribution in [1.82, 2.24) is 0 Å². The third-order valence-corrected chi connectivity index (χ3v) is 0.917. The molecule has 0 rings (SSSR count). The van der Waals surface area contributed by atoms with Crippen molar-refractivity contribution >= 4 is 5.97 Å². The Morgan fingerprint density at radius 3 is 2.78 bits per heavy atom. The van der Waals surface area contributed by atoms with Crippen LogP contribution in [-0.4, -0.2) is 23.6 Å². The van der Waals surface area contributed by atoms with Gasteiger partial charge in [0.25, 0.3) is 0 Å². The van der Waals surface area contributed by atoms with E-state index in [-0.39, 0.29) is 12.8 Å². The van der Waals surface area contributed by atoms with Gasteiger partial charge in [0.1, 0.15) is 6.04 Å². The van der Waals surface area contributed by atoms with Gasteiger partial charge in [-0.05, 0) is 19.3 Å². The molecule has 0 aliphatic carbocycles. The monoisotopic (exact) mass is 134 g/mol. The number of aliphatic carboxylic acids is 1. The van der Waals surface area contributed by atoms with Gasteiger partial charge in [0, 0.05) is 2.74 Å². The van der Waals surface area contributed by atoms with Crippen LogP contribution in [0.5, 0.6) is 0 Å². The molecule has 4 nitrogen and oxygen atoms in total. The smallest absolute Gasteiger partial charge is 0.320 e. The molecule has 0 heterocycles. The first kappa shape index (κ1) is 5.20. The molecule has 0 unspecified atom stereocenters. The summed E-state index contributed by atoms with van der Waals surface area (Å²) in [5.41, 5.74) is 10.1. The molecule has 0 aliphatic rings. The number of carboxylic acids is 1. The van der Waals surface area contributed by atoms with Crippen molar-refractivity contribution in [1.29, 1.82) is 0 Å². The van der Waals surface area contributed by atoms with Crippen LogP contribution in [0.2, 0.25) is 0 Å². The number of hydrogen-bond acceptors (Lipinski definition) is 3. The number of carboxylic acid groups (broad SMARTS) is 1. The van der Waals surface area contributed by atoms with Crippen LogP contribution in [0.1, 0.15) is 15.6 Å². The number of carbonyl (C=O) groups is 1. The highest BCUT2D eigenvalue weighted by Crippen LogP contribution is 1.91. The maximum Gasteiger partial charge on any atom is 0.320 e. The first-order valence-corrected chi connectivity index (χ1v) is 2.60. The zero-order valence-corrected chi connectivity index (χ0v) is 5.00. The van der Waals surface area contributed by atoms with Crippen LogP contribution >= 0.6 is 0 Å². The molecule has 4 heteroatoms. The molecule has 0 aromatic rings. The van der Waals surface area contributed by atoms with Gasteiger partial charge in [-0.2, -0.15) is 0 Å². The van der Waals surface area contributed by atoms with Crippen LogP contribution in [-0.2, 0) is 4.79 Å². The number of hydrogen-bond donors (Lipinski definition) is 3. The average molecular weight is 134 g/mol. The normalized spacial score (nSPS) is 18.0. The van der Waals surface area contributed by atoms with Crippen LogP contribution in [0.4, 0.5) is 0 Å². The fourth-order valence-corrected chi connectivity index (χ4v) is 0.362. The molecule has 0 aliphatic heterocycles. The standard InChI is InChI=1S/C5H12N2O2/c6-3-1-2-4(7)5(8)9/h4H,1-3,6-7H2,(H,8,9)/t4-/m0/s1/i3D2. The molecule has 0 amide bonds. The minimum Gasteiger partial charge on any atom is -0.480 e. The Hall–Kier alpha value is -0.610. The van der Waals surface area contributed by atoms with Gasteiger partial charge in [0.15, 0.2) is 0 Å². The molecular weight excluding hydrogens is 120 g/mol. The van der Waals surface area contributed by atoms with Crippen LogP contribution in [0.3, 0.4) is 0 Å². The predicted molar refractivity (Wildman–Crippen MR) is 33.9 cm³/mol. The molecule has 0 fully saturated rings. The van der Waals surface area contributed by atoms with Gasteiger partial charge >= 0.3 is 5.97 Å². The lowest BCUT2D eigenvalue weighted by molar-refractivity contribution is -0.138. The van der Waals surface area contributed by atoms with Crippen molar-refractivity contribution < 1.29 is 12.6 Å². The molecular formula is C5H12N2O2. The summed E-state index contributed by atoms with van der Waals surface area (Å²) >= 11 is 0. The third kappa shape index (κ3) is 3.93. The van der Waals surface area contributed by atoms with Crippen LogP contribution < -0.4 is 11.5 Å². The van der Waals surface area contributed by atoms with Crippen LogP contribution in [0.25, 0.3) is 0 Å². The predicted octanol–water partition coefficient (Wildman–Crippen LogP) is -0.863. The van der Waals surface area contributed by atoms with E-state index in [4.69, 9.17) is 19.3 Å². The fraction of sp³-hybridized carbons (Fsp3) is 0.800. The van der Waals surface area contributed by atoms with Crippen molar-refractivity contribution in [2.75, 3.05) is 6.50 Å². The second-order valence-electron chi connectivity index (χ2n) is 1.69. The minimum atomic E-state index is -1.83. The zero-order chi connectivity index (χ0) is 9.07. The summed E-state index contributed by atoms with van der Waals surface area (Å²) < 4.78 is 13.7. The maximum atomic E-state index is 10.1. The van der Waals surface area contributed by atoms with E-state index in [2.05, 4.69) is 0 Å². The molecule has 0 radical (unpaired) electrons. The van der Waals surface area contributed by atoms with Crippen molar-refractivity contribution in [3.8, 4) is 0 Å². The fourth-order valence-electron chi connectivity index (χ4n) is 0.362. The van der Waals surface area contributed by atoms with Crippen molar-refractivity contribution in [2.24, 2.45) is 11.5 Å². The van der Waals surface area contributed by atoms with Crippen LogP contribution in [0.15, 0.2) is 0 Å². The lowest BCUT2D eigenvalue weighted by Gasteiger charge is -2.02. The second kappa shape index (κ2) is 4.29. The Morgan fingerprint density at radius 2 is 2.44 bits per heavy atom. The van der Waals surface area contributed by atoms with E-state index in [9.17, 15) is 4.79 Å². The lowest BCUT2D eigenvalue weighted by Crippen LogP contribution is -2.30. The van der Waals surface area contributed by atoms with Gasteiger partial charge in [-0.3, -0.25) is 4.79 Å². The van der Waals surface area contributed by atoms with Gasteiger partial charge in [0.05, 0.1) is 0 Å². The van der Waals surface area contributed by atoms with E-state index in [0.717, 1.165) is 0 Å². The lowest BCUT2D eigenvalue weighted by atomic mass is 10.2. The molecule has 9 heavy (non-hydrogen) atoms. The van der Waals surface area contributed by atoms with E-state index < -0.39 is 18.5 Å². The van der Waals surface area contributed by atoms with Gasteiger partial charge in [-0.1, -0.05) is 0 Å². The molecule has 0 spiro atoms. The Kier molecular flexibility index (Phi) is 2.48. The Morgan fingerprint density at radius 1 is 1.89 bits per heavy atom. The first-order valence-electron chi connectivity index (χ1n) is 3.60. The average Bonchev–Trinajstić information content (AvgIpc) is 1.80. The zero-order valence-electron chi connectivity index (χ0n) is 7.00. The summed E-state index contributed by atoms with van der Waals surface area (Å²) in [5.74, 6) is -1.13. The quantitative estimate of drug-likeness (QED) is 0.466. The molecule has 54 valence electrons. The number of rotatable bonds is 4. The van der Waals surface area contributed by atoms with Crippen molar-refractivity contribution in [2.45, 2.75) is 18.9 Å². The van der Waals surface area contributed by atoms with Crippen LogP contribution in [0, 0.1) is 0 Å². The largest absolute Gasteiger partial charge is 0.480 e. The Balaban J connectivity index is 3.63. The SMILES string of the molecule is [2H]C([2H])(N)CC[C@H](N)C(=O)O. The Bertz CT molecular complexity index is 146. The molecule has 0 bridgehead atoms. The summed E-state index contributed by atoms with van der Waals surface area (Å²) in [6.45, 7) is -1.83. The summed E-state index contributed by atoms with van der Waals surface area (Å²) in [6, 6.07) is -1.02. The third-order valence-electron chi connectivity index (χ3n) is 0.917. The van der Waals surface area contributed by atoms with E-state index >= 15 is 0 Å². The molecule has 0 saturated carbocycles. The maximum absolute atomic E-state index is 10.1. The molecule has 0 aromatic heterocycles. The highest BCUT2D eigenvalue weighted by molar-refractivity contribution is 5.72. The van der Waals surface area contributed by atoms with E-state index in [0.29, 0.717) is 0 Å². The van der Waals surface area contributed by atoms with E-state index in [1.165, 1.54) is 0 Å². The van der Waals surface area contributed by atoms with E-state index in [1.807, 2.05) is 0 Å². The van der Waals surface area contributed by atoms with Gasteiger partial charge in [-0.25, -0.2) is 0 Å². The topological polar surface area (TPSA) is 89.3 Å². The van der Waals surface area contributed by atoms with Gasteiger partial charge in [0.2, 0.25) is 0 Å². The second-order valence-corrected chi connectivity index (χ2v) is 1.69. The molecule has 1 atom stereocenters. The summed E-state index contributed by atoms with van der Waals surface area (Å²) in [7, 11) is 0. The summed E-state index contributed by atoms with van der Waals surface area (Å²) in [4.78, 5) is 10.1. The van der Waals surface area contributed by atoms with Gasteiger partial charge in [-0.15, -0.1) is 0 Å². The molecule has 0 saturated heterocycles.